The summed E-state index contributed by atoms with van der Waals surface area (Å²) in [5.74, 6) is 0.941. The fourth-order valence-corrected chi connectivity index (χ4v) is 3.14. The van der Waals surface area contributed by atoms with Crippen molar-refractivity contribution < 1.29 is 0 Å². The summed E-state index contributed by atoms with van der Waals surface area (Å²) in [6.07, 6.45) is 5.74. The Hall–Kier alpha value is -0.0800. The molecule has 1 aliphatic carbocycles. The number of likely N-dealkylation sites (N-methyl/N-ethyl adjacent to an activating group) is 2. The van der Waals surface area contributed by atoms with Crippen LogP contribution in [0.15, 0.2) is 0 Å². The molecule has 0 heterocycles. The molecule has 0 aliphatic heterocycles. The van der Waals surface area contributed by atoms with E-state index >= 15 is 0 Å². The molecule has 0 aromatic heterocycles. The minimum Gasteiger partial charge on any atom is -0.303 e. The fourth-order valence-electron chi connectivity index (χ4n) is 3.14. The summed E-state index contributed by atoms with van der Waals surface area (Å²) in [5, 5.41) is 0. The monoisotopic (exact) mass is 240 g/mol. The smallest absolute Gasteiger partial charge is 0.0112 e. The third kappa shape index (κ3) is 4.97. The molecule has 0 bridgehead atoms. The molecule has 0 spiro atoms. The molecule has 0 N–H and O–H groups in total. The van der Waals surface area contributed by atoms with E-state index in [-0.39, 0.29) is 0 Å². The Morgan fingerprint density at radius 1 is 0.941 bits per heavy atom. The highest BCUT2D eigenvalue weighted by Crippen LogP contribution is 2.27. The molecule has 17 heavy (non-hydrogen) atoms. The zero-order valence-electron chi connectivity index (χ0n) is 12.4. The van der Waals surface area contributed by atoms with E-state index in [2.05, 4.69) is 37.5 Å². The van der Waals surface area contributed by atoms with Crippen molar-refractivity contribution in [2.24, 2.45) is 5.92 Å². The quantitative estimate of drug-likeness (QED) is 0.674. The second-order valence-corrected chi connectivity index (χ2v) is 5.58. The Morgan fingerprint density at radius 3 is 2.18 bits per heavy atom. The maximum atomic E-state index is 2.72. The van der Waals surface area contributed by atoms with Gasteiger partial charge in [-0.05, 0) is 38.4 Å². The van der Waals surface area contributed by atoms with Crippen LogP contribution < -0.4 is 0 Å². The minimum absolute atomic E-state index is 0.860. The van der Waals surface area contributed by atoms with E-state index in [1.165, 1.54) is 58.4 Å². The Bertz CT molecular complexity index is 189. The Kier molecular flexibility index (Phi) is 7.14. The van der Waals surface area contributed by atoms with E-state index in [0.29, 0.717) is 0 Å². The molecule has 2 heteroatoms. The summed E-state index contributed by atoms with van der Waals surface area (Å²) >= 11 is 0. The topological polar surface area (TPSA) is 6.48 Å². The van der Waals surface area contributed by atoms with Gasteiger partial charge in [-0.2, -0.15) is 0 Å². The van der Waals surface area contributed by atoms with Crippen LogP contribution in [-0.4, -0.2) is 48.6 Å². The zero-order chi connectivity index (χ0) is 12.7. The Morgan fingerprint density at radius 2 is 1.65 bits per heavy atom. The molecule has 2 unspecified atom stereocenters. The first-order valence-electron chi connectivity index (χ1n) is 7.67. The van der Waals surface area contributed by atoms with Gasteiger partial charge in [0.25, 0.3) is 0 Å². The first-order valence-corrected chi connectivity index (χ1v) is 7.67. The lowest BCUT2D eigenvalue weighted by Gasteiger charge is -2.37. The Balaban J connectivity index is 2.36. The highest BCUT2D eigenvalue weighted by Gasteiger charge is 2.23. The van der Waals surface area contributed by atoms with Crippen LogP contribution in [0.1, 0.15) is 53.4 Å². The molecule has 2 nitrogen and oxygen atoms in total. The Labute approximate surface area is 108 Å². The summed E-state index contributed by atoms with van der Waals surface area (Å²) in [4.78, 5) is 5.25. The van der Waals surface area contributed by atoms with Crippen LogP contribution in [0, 0.1) is 5.92 Å². The van der Waals surface area contributed by atoms with E-state index in [1.807, 2.05) is 0 Å². The van der Waals surface area contributed by atoms with Crippen molar-refractivity contribution in [2.45, 2.75) is 59.4 Å². The van der Waals surface area contributed by atoms with E-state index in [4.69, 9.17) is 0 Å². The van der Waals surface area contributed by atoms with Crippen LogP contribution in [0.2, 0.25) is 0 Å². The third-order valence-corrected chi connectivity index (χ3v) is 4.43. The molecule has 1 saturated carbocycles. The normalized spacial score (nSPS) is 25.8. The van der Waals surface area contributed by atoms with Crippen LogP contribution >= 0.6 is 0 Å². The predicted molar refractivity (Wildman–Crippen MR) is 76.5 cm³/mol. The van der Waals surface area contributed by atoms with Crippen molar-refractivity contribution in [2.75, 3.05) is 32.7 Å². The fraction of sp³-hybridized carbons (Fsp3) is 1.00. The van der Waals surface area contributed by atoms with Crippen molar-refractivity contribution >= 4 is 0 Å². The van der Waals surface area contributed by atoms with Gasteiger partial charge in [-0.15, -0.1) is 0 Å². The zero-order valence-corrected chi connectivity index (χ0v) is 12.4. The molecular weight excluding hydrogens is 208 g/mol. The largest absolute Gasteiger partial charge is 0.303 e. The molecule has 0 amide bonds. The lowest BCUT2D eigenvalue weighted by atomic mass is 9.86. The average Bonchev–Trinajstić information content (AvgIpc) is 2.35. The molecule has 102 valence electrons. The van der Waals surface area contributed by atoms with Gasteiger partial charge in [-0.3, -0.25) is 4.90 Å². The summed E-state index contributed by atoms with van der Waals surface area (Å²) in [7, 11) is 0. The predicted octanol–water partition coefficient (Wildman–Crippen LogP) is 3.23. The van der Waals surface area contributed by atoms with Gasteiger partial charge in [0.1, 0.15) is 0 Å². The highest BCUT2D eigenvalue weighted by molar-refractivity contribution is 4.78. The standard InChI is InChI=1S/C15H32N2/c1-5-16(6-2)11-12-17(7-3)15-10-8-9-14(4)13-15/h14-15H,5-13H2,1-4H3. The summed E-state index contributed by atoms with van der Waals surface area (Å²) in [5.41, 5.74) is 0. The molecule has 0 aromatic rings. The van der Waals surface area contributed by atoms with E-state index < -0.39 is 0 Å². The van der Waals surface area contributed by atoms with Crippen molar-refractivity contribution in [1.29, 1.82) is 0 Å². The van der Waals surface area contributed by atoms with Crippen LogP contribution in [0.5, 0.6) is 0 Å². The van der Waals surface area contributed by atoms with Gasteiger partial charge in [0.05, 0.1) is 0 Å². The first-order chi connectivity index (χ1) is 8.21. The third-order valence-electron chi connectivity index (χ3n) is 4.43. The number of hydrogen-bond acceptors (Lipinski definition) is 2. The van der Waals surface area contributed by atoms with Crippen LogP contribution in [0.4, 0.5) is 0 Å². The SMILES string of the molecule is CCN(CC)CCN(CC)C1CCCC(C)C1. The van der Waals surface area contributed by atoms with Gasteiger partial charge < -0.3 is 4.90 Å². The molecule has 2 atom stereocenters. The molecule has 1 rings (SSSR count). The number of hydrogen-bond donors (Lipinski definition) is 0. The van der Waals surface area contributed by atoms with Crippen LogP contribution in [0.3, 0.4) is 0 Å². The number of rotatable bonds is 7. The van der Waals surface area contributed by atoms with Gasteiger partial charge >= 0.3 is 0 Å². The molecular formula is C15H32N2. The van der Waals surface area contributed by atoms with Crippen LogP contribution in [0.25, 0.3) is 0 Å². The van der Waals surface area contributed by atoms with Gasteiger partial charge in [-0.25, -0.2) is 0 Å². The van der Waals surface area contributed by atoms with Crippen LogP contribution in [-0.2, 0) is 0 Å². The molecule has 0 radical (unpaired) electrons. The van der Waals surface area contributed by atoms with Gasteiger partial charge in [-0.1, -0.05) is 40.5 Å². The van der Waals surface area contributed by atoms with Gasteiger partial charge in [0.2, 0.25) is 0 Å². The minimum atomic E-state index is 0.860. The van der Waals surface area contributed by atoms with E-state index in [1.54, 1.807) is 0 Å². The molecule has 0 saturated heterocycles. The first kappa shape index (κ1) is 15.0. The van der Waals surface area contributed by atoms with Gasteiger partial charge in [0, 0.05) is 19.1 Å². The van der Waals surface area contributed by atoms with Crippen molar-refractivity contribution in [3.8, 4) is 0 Å². The van der Waals surface area contributed by atoms with E-state index in [9.17, 15) is 0 Å². The second-order valence-electron chi connectivity index (χ2n) is 5.58. The highest BCUT2D eigenvalue weighted by atomic mass is 15.2. The van der Waals surface area contributed by atoms with E-state index in [0.717, 1.165) is 12.0 Å². The van der Waals surface area contributed by atoms with Gasteiger partial charge in [0.15, 0.2) is 0 Å². The van der Waals surface area contributed by atoms with Crippen molar-refractivity contribution in [3.63, 3.8) is 0 Å². The van der Waals surface area contributed by atoms with Crippen molar-refractivity contribution in [1.82, 2.24) is 9.80 Å². The lowest BCUT2D eigenvalue weighted by molar-refractivity contribution is 0.124. The number of nitrogens with zero attached hydrogens (tertiary/aromatic N) is 2. The molecule has 0 aromatic carbocycles. The molecule has 1 aliphatic rings. The lowest BCUT2D eigenvalue weighted by Crippen LogP contribution is -2.43. The average molecular weight is 240 g/mol. The summed E-state index contributed by atoms with van der Waals surface area (Å²) in [6, 6.07) is 0.860. The second kappa shape index (κ2) is 8.10. The summed E-state index contributed by atoms with van der Waals surface area (Å²) < 4.78 is 0. The molecule has 1 fully saturated rings. The maximum Gasteiger partial charge on any atom is 0.0112 e. The summed E-state index contributed by atoms with van der Waals surface area (Å²) in [6.45, 7) is 15.4. The maximum absolute atomic E-state index is 2.72. The van der Waals surface area contributed by atoms with Crippen molar-refractivity contribution in [3.05, 3.63) is 0 Å².